The molecule has 2 aliphatic rings. The molecule has 0 unspecified atom stereocenters. The number of aliphatic hydroxyl groups excluding tert-OH is 1. The van der Waals surface area contributed by atoms with E-state index >= 15 is 0 Å². The zero-order chi connectivity index (χ0) is 12.8. The molecule has 2 saturated carbocycles. The van der Waals surface area contributed by atoms with Crippen molar-refractivity contribution in [2.24, 2.45) is 5.92 Å². The number of hydrogen-bond donors (Lipinski definition) is 2. The normalized spacial score (nSPS) is 24.7. The van der Waals surface area contributed by atoms with Crippen molar-refractivity contribution in [1.29, 1.82) is 0 Å². The van der Waals surface area contributed by atoms with Crippen LogP contribution in [0.1, 0.15) is 70.6 Å². The standard InChI is InChI=1S/C15H27NO2/c17-12-15(9-5-2-6-10-15)16-14(18)11-13-7-3-1-4-8-13/h13,17H,1-12H2,(H,16,18). The predicted octanol–water partition coefficient (Wildman–Crippen LogP) is 2.77. The Labute approximate surface area is 110 Å². The van der Waals surface area contributed by atoms with E-state index in [9.17, 15) is 9.90 Å². The molecule has 0 aliphatic heterocycles. The number of amides is 1. The molecule has 2 aliphatic carbocycles. The van der Waals surface area contributed by atoms with Crippen molar-refractivity contribution in [3.8, 4) is 0 Å². The van der Waals surface area contributed by atoms with Crippen molar-refractivity contribution in [3.05, 3.63) is 0 Å². The fraction of sp³-hybridized carbons (Fsp3) is 0.933. The van der Waals surface area contributed by atoms with E-state index in [1.54, 1.807) is 0 Å². The molecular weight excluding hydrogens is 226 g/mol. The third-order valence-electron chi connectivity index (χ3n) is 4.72. The van der Waals surface area contributed by atoms with Crippen molar-refractivity contribution in [3.63, 3.8) is 0 Å². The summed E-state index contributed by atoms with van der Waals surface area (Å²) < 4.78 is 0. The molecule has 104 valence electrons. The van der Waals surface area contributed by atoms with Gasteiger partial charge in [0.25, 0.3) is 0 Å². The molecule has 0 radical (unpaired) electrons. The molecule has 0 spiro atoms. The first-order chi connectivity index (χ1) is 8.74. The fourth-order valence-corrected chi connectivity index (χ4v) is 3.55. The molecule has 3 heteroatoms. The van der Waals surface area contributed by atoms with E-state index in [4.69, 9.17) is 0 Å². The molecule has 0 atom stereocenters. The maximum absolute atomic E-state index is 12.1. The molecule has 2 rings (SSSR count). The van der Waals surface area contributed by atoms with Gasteiger partial charge in [-0.15, -0.1) is 0 Å². The second-order valence-electron chi connectivity index (χ2n) is 6.26. The lowest BCUT2D eigenvalue weighted by Gasteiger charge is -2.37. The van der Waals surface area contributed by atoms with Crippen LogP contribution in [0.2, 0.25) is 0 Å². The molecular formula is C15H27NO2. The lowest BCUT2D eigenvalue weighted by Crippen LogP contribution is -2.52. The van der Waals surface area contributed by atoms with Crippen molar-refractivity contribution in [1.82, 2.24) is 5.32 Å². The number of hydrogen-bond acceptors (Lipinski definition) is 2. The first-order valence-electron chi connectivity index (χ1n) is 7.66. The number of rotatable bonds is 4. The molecule has 18 heavy (non-hydrogen) atoms. The van der Waals surface area contributed by atoms with Gasteiger partial charge in [0.1, 0.15) is 0 Å². The second kappa shape index (κ2) is 6.55. The summed E-state index contributed by atoms with van der Waals surface area (Å²) >= 11 is 0. The van der Waals surface area contributed by atoms with Crippen LogP contribution >= 0.6 is 0 Å². The summed E-state index contributed by atoms with van der Waals surface area (Å²) in [4.78, 5) is 12.1. The minimum atomic E-state index is -0.302. The highest BCUT2D eigenvalue weighted by Gasteiger charge is 2.33. The van der Waals surface area contributed by atoms with Crippen LogP contribution in [0.3, 0.4) is 0 Å². The first kappa shape index (κ1) is 13.9. The summed E-state index contributed by atoms with van der Waals surface area (Å²) in [5.41, 5.74) is -0.302. The van der Waals surface area contributed by atoms with E-state index < -0.39 is 0 Å². The highest BCUT2D eigenvalue weighted by molar-refractivity contribution is 5.77. The summed E-state index contributed by atoms with van der Waals surface area (Å²) in [6, 6.07) is 0. The van der Waals surface area contributed by atoms with Gasteiger partial charge in [-0.1, -0.05) is 38.5 Å². The van der Waals surface area contributed by atoms with E-state index in [1.807, 2.05) is 0 Å². The van der Waals surface area contributed by atoms with Gasteiger partial charge >= 0.3 is 0 Å². The summed E-state index contributed by atoms with van der Waals surface area (Å²) in [7, 11) is 0. The Morgan fingerprint density at radius 1 is 1.06 bits per heavy atom. The summed E-state index contributed by atoms with van der Waals surface area (Å²) in [6.07, 6.45) is 12.4. The van der Waals surface area contributed by atoms with E-state index in [0.29, 0.717) is 12.3 Å². The largest absolute Gasteiger partial charge is 0.394 e. The van der Waals surface area contributed by atoms with Crippen molar-refractivity contribution < 1.29 is 9.90 Å². The third kappa shape index (κ3) is 3.71. The van der Waals surface area contributed by atoms with Gasteiger partial charge in [-0.2, -0.15) is 0 Å². The molecule has 0 heterocycles. The topological polar surface area (TPSA) is 49.3 Å². The molecule has 0 saturated heterocycles. The van der Waals surface area contributed by atoms with Crippen LogP contribution in [0, 0.1) is 5.92 Å². The minimum Gasteiger partial charge on any atom is -0.394 e. The Morgan fingerprint density at radius 2 is 1.67 bits per heavy atom. The first-order valence-corrected chi connectivity index (χ1v) is 7.66. The Balaban J connectivity index is 1.81. The third-order valence-corrected chi connectivity index (χ3v) is 4.72. The average Bonchev–Trinajstić information content (AvgIpc) is 2.41. The Bertz CT molecular complexity index is 266. The highest BCUT2D eigenvalue weighted by Crippen LogP contribution is 2.29. The van der Waals surface area contributed by atoms with Crippen molar-refractivity contribution >= 4 is 5.91 Å². The van der Waals surface area contributed by atoms with E-state index in [0.717, 1.165) is 25.7 Å². The molecule has 0 aromatic heterocycles. The van der Waals surface area contributed by atoms with Crippen molar-refractivity contribution in [2.45, 2.75) is 76.2 Å². The van der Waals surface area contributed by atoms with Crippen LogP contribution in [-0.4, -0.2) is 23.2 Å². The van der Waals surface area contributed by atoms with Crippen LogP contribution in [-0.2, 0) is 4.79 Å². The lowest BCUT2D eigenvalue weighted by molar-refractivity contribution is -0.125. The predicted molar refractivity (Wildman–Crippen MR) is 72.2 cm³/mol. The van der Waals surface area contributed by atoms with E-state index in [1.165, 1.54) is 38.5 Å². The van der Waals surface area contributed by atoms with Gasteiger partial charge in [0.05, 0.1) is 12.1 Å². The minimum absolute atomic E-state index is 0.101. The molecule has 0 aromatic carbocycles. The molecule has 2 fully saturated rings. The lowest BCUT2D eigenvalue weighted by atomic mass is 9.81. The van der Waals surface area contributed by atoms with Crippen LogP contribution in [0.25, 0.3) is 0 Å². The molecule has 1 amide bonds. The Kier molecular flexibility index (Phi) is 5.04. The zero-order valence-electron chi connectivity index (χ0n) is 11.4. The highest BCUT2D eigenvalue weighted by atomic mass is 16.3. The van der Waals surface area contributed by atoms with Crippen LogP contribution in [0.15, 0.2) is 0 Å². The maximum atomic E-state index is 12.1. The van der Waals surface area contributed by atoms with Crippen LogP contribution in [0.5, 0.6) is 0 Å². The van der Waals surface area contributed by atoms with Gasteiger partial charge < -0.3 is 10.4 Å². The summed E-state index contributed by atoms with van der Waals surface area (Å²) in [6.45, 7) is 0.101. The second-order valence-corrected chi connectivity index (χ2v) is 6.26. The zero-order valence-corrected chi connectivity index (χ0v) is 11.4. The number of carbonyl (C=O) groups excluding carboxylic acids is 1. The summed E-state index contributed by atoms with van der Waals surface area (Å²) in [5, 5.41) is 12.7. The molecule has 3 nitrogen and oxygen atoms in total. The average molecular weight is 253 g/mol. The van der Waals surface area contributed by atoms with Gasteiger partial charge in [-0.25, -0.2) is 0 Å². The van der Waals surface area contributed by atoms with Crippen LogP contribution < -0.4 is 5.32 Å². The quantitative estimate of drug-likeness (QED) is 0.809. The number of aliphatic hydroxyl groups is 1. The van der Waals surface area contributed by atoms with Crippen molar-refractivity contribution in [2.75, 3.05) is 6.61 Å². The van der Waals surface area contributed by atoms with E-state index in [-0.39, 0.29) is 18.1 Å². The Morgan fingerprint density at radius 3 is 2.28 bits per heavy atom. The smallest absolute Gasteiger partial charge is 0.220 e. The molecule has 2 N–H and O–H groups in total. The van der Waals surface area contributed by atoms with Crippen LogP contribution in [0.4, 0.5) is 0 Å². The molecule has 0 aromatic rings. The van der Waals surface area contributed by atoms with E-state index in [2.05, 4.69) is 5.32 Å². The summed E-state index contributed by atoms with van der Waals surface area (Å²) in [5.74, 6) is 0.746. The molecule has 0 bridgehead atoms. The Hall–Kier alpha value is -0.570. The number of carbonyl (C=O) groups is 1. The van der Waals surface area contributed by atoms with Gasteiger partial charge in [0.2, 0.25) is 5.91 Å². The maximum Gasteiger partial charge on any atom is 0.220 e. The number of nitrogens with one attached hydrogen (secondary N) is 1. The monoisotopic (exact) mass is 253 g/mol. The van der Waals surface area contributed by atoms with Gasteiger partial charge in [-0.05, 0) is 31.6 Å². The van der Waals surface area contributed by atoms with Gasteiger partial charge in [-0.3, -0.25) is 4.79 Å². The van der Waals surface area contributed by atoms with Gasteiger partial charge in [0.15, 0.2) is 0 Å². The SMILES string of the molecule is O=C(CC1CCCCC1)NC1(CO)CCCCC1. The van der Waals surface area contributed by atoms with Gasteiger partial charge in [0, 0.05) is 6.42 Å². The fourth-order valence-electron chi connectivity index (χ4n) is 3.55.